The van der Waals surface area contributed by atoms with Crippen LogP contribution in [-0.2, 0) is 14.8 Å². The molecule has 1 saturated carbocycles. The third-order valence-corrected chi connectivity index (χ3v) is 8.26. The number of morpholine rings is 1. The number of nitrogens with zero attached hydrogens (tertiary/aromatic N) is 1. The Hall–Kier alpha value is -2.62. The Morgan fingerprint density at radius 2 is 1.73 bits per heavy atom. The summed E-state index contributed by atoms with van der Waals surface area (Å²) in [4.78, 5) is 13.5. The fraction of sp³-hybridized carbons (Fsp3) is 0.458. The number of carbonyl (C=O) groups is 1. The van der Waals surface area contributed by atoms with Crippen LogP contribution in [0.4, 0.5) is 0 Å². The van der Waals surface area contributed by atoms with Gasteiger partial charge in [0.15, 0.2) is 11.5 Å². The van der Waals surface area contributed by atoms with E-state index in [1.807, 2.05) is 25.1 Å². The van der Waals surface area contributed by atoms with Crippen molar-refractivity contribution in [3.8, 4) is 11.5 Å². The van der Waals surface area contributed by atoms with E-state index in [-0.39, 0.29) is 16.8 Å². The quantitative estimate of drug-likeness (QED) is 0.695. The van der Waals surface area contributed by atoms with Gasteiger partial charge >= 0.3 is 0 Å². The van der Waals surface area contributed by atoms with Crippen LogP contribution in [0.2, 0.25) is 0 Å². The summed E-state index contributed by atoms with van der Waals surface area (Å²) < 4.78 is 44.2. The van der Waals surface area contributed by atoms with Gasteiger partial charge in [0.2, 0.25) is 10.0 Å². The highest BCUT2D eigenvalue weighted by molar-refractivity contribution is 7.89. The van der Waals surface area contributed by atoms with E-state index in [1.54, 1.807) is 12.1 Å². The molecule has 33 heavy (non-hydrogen) atoms. The Balaban J connectivity index is 1.40. The number of benzene rings is 2. The van der Waals surface area contributed by atoms with E-state index in [2.05, 4.69) is 5.32 Å². The van der Waals surface area contributed by atoms with E-state index in [9.17, 15) is 13.2 Å². The number of amides is 1. The van der Waals surface area contributed by atoms with Crippen LogP contribution >= 0.6 is 0 Å². The minimum absolute atomic E-state index is 0.127. The monoisotopic (exact) mass is 472 g/mol. The second-order valence-electron chi connectivity index (χ2n) is 8.68. The van der Waals surface area contributed by atoms with Crippen LogP contribution in [0.25, 0.3) is 0 Å². The molecule has 1 amide bonds. The fourth-order valence-corrected chi connectivity index (χ4v) is 5.75. The molecule has 8 nitrogen and oxygen atoms in total. The molecule has 0 spiro atoms. The van der Waals surface area contributed by atoms with E-state index in [0.29, 0.717) is 62.5 Å². The molecule has 0 aromatic heterocycles. The average Bonchev–Trinajstić information content (AvgIpc) is 3.68. The molecule has 0 bridgehead atoms. The van der Waals surface area contributed by atoms with Crippen molar-refractivity contribution in [2.45, 2.75) is 30.7 Å². The topological polar surface area (TPSA) is 94.2 Å². The lowest BCUT2D eigenvalue weighted by Gasteiger charge is -2.26. The third-order valence-electron chi connectivity index (χ3n) is 6.37. The third kappa shape index (κ3) is 4.58. The van der Waals surface area contributed by atoms with Crippen molar-refractivity contribution >= 4 is 15.9 Å². The van der Waals surface area contributed by atoms with Crippen molar-refractivity contribution in [1.29, 1.82) is 0 Å². The van der Waals surface area contributed by atoms with Crippen molar-refractivity contribution in [3.05, 3.63) is 53.1 Å². The maximum atomic E-state index is 13.3. The standard InChI is InChI=1S/C24H28N2O6S/c1-16-2-6-19(33(28,29)26-8-10-30-11-9-26)15-20(16)24(27)25-23(17-3-4-17)18-5-7-21-22(14-18)32-13-12-31-21/h2,5-7,14-15,17,23H,3-4,8-13H2,1H3,(H,25,27). The molecule has 2 heterocycles. The number of aryl methyl sites for hydroxylation is 1. The van der Waals surface area contributed by atoms with Crippen LogP contribution < -0.4 is 14.8 Å². The first-order valence-corrected chi connectivity index (χ1v) is 12.8. The molecular weight excluding hydrogens is 444 g/mol. The average molecular weight is 473 g/mol. The first kappa shape index (κ1) is 22.2. The van der Waals surface area contributed by atoms with Gasteiger partial charge in [-0.15, -0.1) is 0 Å². The number of nitrogens with one attached hydrogen (secondary N) is 1. The van der Waals surface area contributed by atoms with E-state index in [0.717, 1.165) is 24.0 Å². The Morgan fingerprint density at radius 1 is 1.00 bits per heavy atom. The molecule has 9 heteroatoms. The number of fused-ring (bicyclic) bond motifs is 1. The Bertz CT molecular complexity index is 1160. The first-order chi connectivity index (χ1) is 15.9. The molecular formula is C24H28N2O6S. The summed E-state index contributed by atoms with van der Waals surface area (Å²) in [6.45, 7) is 4.21. The maximum Gasteiger partial charge on any atom is 0.252 e. The second-order valence-corrected chi connectivity index (χ2v) is 10.6. The zero-order valence-corrected chi connectivity index (χ0v) is 19.4. The summed E-state index contributed by atoms with van der Waals surface area (Å²) >= 11 is 0. The molecule has 1 saturated heterocycles. The van der Waals surface area contributed by atoms with Crippen molar-refractivity contribution in [2.75, 3.05) is 39.5 Å². The maximum absolute atomic E-state index is 13.3. The van der Waals surface area contributed by atoms with Crippen molar-refractivity contribution in [3.63, 3.8) is 0 Å². The number of sulfonamides is 1. The van der Waals surface area contributed by atoms with Crippen molar-refractivity contribution in [1.82, 2.24) is 9.62 Å². The van der Waals surface area contributed by atoms with Gasteiger partial charge in [0.1, 0.15) is 13.2 Å². The van der Waals surface area contributed by atoms with Crippen LogP contribution in [0.3, 0.4) is 0 Å². The zero-order valence-electron chi connectivity index (χ0n) is 18.6. The van der Waals surface area contributed by atoms with Crippen LogP contribution in [0.5, 0.6) is 11.5 Å². The highest BCUT2D eigenvalue weighted by atomic mass is 32.2. The number of carbonyl (C=O) groups excluding carboxylic acids is 1. The highest BCUT2D eigenvalue weighted by Gasteiger charge is 2.35. The van der Waals surface area contributed by atoms with E-state index in [4.69, 9.17) is 14.2 Å². The summed E-state index contributed by atoms with van der Waals surface area (Å²) in [7, 11) is -3.69. The molecule has 176 valence electrons. The van der Waals surface area contributed by atoms with Crippen molar-refractivity contribution < 1.29 is 27.4 Å². The van der Waals surface area contributed by atoms with Gasteiger partial charge in [0.25, 0.3) is 5.91 Å². The highest BCUT2D eigenvalue weighted by Crippen LogP contribution is 2.43. The minimum atomic E-state index is -3.69. The first-order valence-electron chi connectivity index (χ1n) is 11.3. The molecule has 2 aliphatic heterocycles. The van der Waals surface area contributed by atoms with Gasteiger partial charge in [-0.25, -0.2) is 8.42 Å². The Morgan fingerprint density at radius 3 is 2.45 bits per heavy atom. The van der Waals surface area contributed by atoms with Crippen LogP contribution in [0.15, 0.2) is 41.3 Å². The molecule has 2 aromatic carbocycles. The largest absolute Gasteiger partial charge is 0.486 e. The van der Waals surface area contributed by atoms with Gasteiger partial charge in [-0.1, -0.05) is 12.1 Å². The molecule has 3 aliphatic rings. The molecule has 1 unspecified atom stereocenters. The predicted octanol–water partition coefficient (Wildman–Crippen LogP) is 2.67. The molecule has 1 aliphatic carbocycles. The Labute approximate surface area is 193 Å². The normalized spacial score (nSPS) is 19.7. The second kappa shape index (κ2) is 8.96. The molecule has 2 aromatic rings. The van der Waals surface area contributed by atoms with Gasteiger partial charge in [-0.3, -0.25) is 4.79 Å². The van der Waals surface area contributed by atoms with E-state index < -0.39 is 10.0 Å². The van der Waals surface area contributed by atoms with Crippen LogP contribution in [-0.4, -0.2) is 58.1 Å². The molecule has 2 fully saturated rings. The lowest BCUT2D eigenvalue weighted by Crippen LogP contribution is -2.40. The Kier molecular flexibility index (Phi) is 6.03. The molecule has 1 atom stereocenters. The molecule has 1 N–H and O–H groups in total. The number of hydrogen-bond donors (Lipinski definition) is 1. The van der Waals surface area contributed by atoms with Gasteiger partial charge in [0.05, 0.1) is 24.2 Å². The van der Waals surface area contributed by atoms with E-state index in [1.165, 1.54) is 10.4 Å². The summed E-state index contributed by atoms with van der Waals surface area (Å²) in [5.41, 5.74) is 2.06. The van der Waals surface area contributed by atoms with Gasteiger partial charge in [0, 0.05) is 18.7 Å². The number of ether oxygens (including phenoxy) is 3. The molecule has 0 radical (unpaired) electrons. The van der Waals surface area contributed by atoms with Gasteiger partial charge < -0.3 is 19.5 Å². The van der Waals surface area contributed by atoms with Crippen molar-refractivity contribution in [2.24, 2.45) is 5.92 Å². The summed E-state index contributed by atoms with van der Waals surface area (Å²) in [5, 5.41) is 3.15. The molecule has 5 rings (SSSR count). The fourth-order valence-electron chi connectivity index (χ4n) is 4.32. The number of hydrogen-bond acceptors (Lipinski definition) is 6. The van der Waals surface area contributed by atoms with E-state index >= 15 is 0 Å². The number of rotatable bonds is 6. The van der Waals surface area contributed by atoms with Gasteiger partial charge in [-0.05, 0) is 61.1 Å². The van der Waals surface area contributed by atoms with Crippen LogP contribution in [0, 0.1) is 12.8 Å². The lowest BCUT2D eigenvalue weighted by atomic mass is 10.00. The SMILES string of the molecule is Cc1ccc(S(=O)(=O)N2CCOCC2)cc1C(=O)NC(c1ccc2c(c1)OCCO2)C1CC1. The zero-order chi connectivity index (χ0) is 23.0. The minimum Gasteiger partial charge on any atom is -0.486 e. The lowest BCUT2D eigenvalue weighted by molar-refractivity contribution is 0.0730. The van der Waals surface area contributed by atoms with Crippen LogP contribution in [0.1, 0.15) is 40.4 Å². The van der Waals surface area contributed by atoms with Gasteiger partial charge in [-0.2, -0.15) is 4.31 Å². The smallest absolute Gasteiger partial charge is 0.252 e. The summed E-state index contributed by atoms with van der Waals surface area (Å²) in [6, 6.07) is 10.4. The predicted molar refractivity (Wildman–Crippen MR) is 121 cm³/mol. The summed E-state index contributed by atoms with van der Waals surface area (Å²) in [6.07, 6.45) is 2.06. The summed E-state index contributed by atoms with van der Waals surface area (Å²) in [5.74, 6) is 1.46.